The number of ether oxygens (including phenoxy) is 1. The molecule has 4 nitrogen and oxygen atoms in total. The second-order valence-electron chi connectivity index (χ2n) is 5.66. The van der Waals surface area contributed by atoms with E-state index in [0.717, 1.165) is 37.4 Å². The zero-order valence-corrected chi connectivity index (χ0v) is 10.8. The molecule has 2 bridgehead atoms. The quantitative estimate of drug-likeness (QED) is 0.745. The molecule has 0 radical (unpaired) electrons. The van der Waals surface area contributed by atoms with Gasteiger partial charge in [-0.05, 0) is 37.1 Å². The van der Waals surface area contributed by atoms with Gasteiger partial charge in [0, 0.05) is 13.1 Å². The summed E-state index contributed by atoms with van der Waals surface area (Å²) in [4.78, 5) is 13.8. The number of carbonyl (C=O) groups is 1. The fourth-order valence-corrected chi connectivity index (χ4v) is 3.42. The van der Waals surface area contributed by atoms with E-state index in [1.54, 1.807) is 0 Å². The van der Waals surface area contributed by atoms with Crippen LogP contribution in [0, 0.1) is 17.8 Å². The summed E-state index contributed by atoms with van der Waals surface area (Å²) in [5.74, 6) is 2.55. The number of hydrogen-bond donors (Lipinski definition) is 1. The van der Waals surface area contributed by atoms with Gasteiger partial charge in [-0.1, -0.05) is 12.2 Å². The first-order chi connectivity index (χ1) is 8.83. The van der Waals surface area contributed by atoms with Crippen molar-refractivity contribution in [2.24, 2.45) is 17.8 Å². The molecule has 1 aliphatic heterocycles. The van der Waals surface area contributed by atoms with Crippen LogP contribution in [0.4, 0.5) is 0 Å². The number of fused-ring (bicyclic) bond motifs is 2. The van der Waals surface area contributed by atoms with Crippen molar-refractivity contribution in [3.05, 3.63) is 12.2 Å². The van der Waals surface area contributed by atoms with Gasteiger partial charge in [0.15, 0.2) is 0 Å². The van der Waals surface area contributed by atoms with Crippen LogP contribution in [0.2, 0.25) is 0 Å². The molecule has 4 heteroatoms. The number of morpholine rings is 1. The van der Waals surface area contributed by atoms with Gasteiger partial charge in [0.1, 0.15) is 0 Å². The Bertz CT molecular complexity index is 337. The van der Waals surface area contributed by atoms with Gasteiger partial charge >= 0.3 is 0 Å². The Kier molecular flexibility index (Phi) is 3.66. The maximum Gasteiger partial charge on any atom is 0.236 e. The Morgan fingerprint density at radius 3 is 2.78 bits per heavy atom. The molecule has 3 rings (SSSR count). The second kappa shape index (κ2) is 5.41. The molecule has 2 aliphatic carbocycles. The van der Waals surface area contributed by atoms with Crippen molar-refractivity contribution in [1.29, 1.82) is 0 Å². The molecule has 1 N–H and O–H groups in total. The minimum Gasteiger partial charge on any atom is -0.378 e. The van der Waals surface area contributed by atoms with Gasteiger partial charge in [-0.2, -0.15) is 0 Å². The zero-order valence-electron chi connectivity index (χ0n) is 10.8. The van der Waals surface area contributed by atoms with Crippen LogP contribution in [-0.2, 0) is 9.53 Å². The number of nitrogens with zero attached hydrogens (tertiary/aromatic N) is 1. The molecule has 1 amide bonds. The van der Waals surface area contributed by atoms with Gasteiger partial charge in [-0.3, -0.25) is 4.79 Å². The molecule has 3 unspecified atom stereocenters. The highest BCUT2D eigenvalue weighted by Gasteiger charge is 2.35. The minimum absolute atomic E-state index is 0.219. The third-order valence-electron chi connectivity index (χ3n) is 4.46. The van der Waals surface area contributed by atoms with E-state index in [9.17, 15) is 4.79 Å². The van der Waals surface area contributed by atoms with Gasteiger partial charge in [-0.25, -0.2) is 0 Å². The average Bonchev–Trinajstić information content (AvgIpc) is 3.02. The highest BCUT2D eigenvalue weighted by molar-refractivity contribution is 5.78. The molecule has 0 spiro atoms. The van der Waals surface area contributed by atoms with Crippen molar-refractivity contribution in [3.8, 4) is 0 Å². The number of amides is 1. The third kappa shape index (κ3) is 2.59. The predicted molar refractivity (Wildman–Crippen MR) is 69.1 cm³/mol. The summed E-state index contributed by atoms with van der Waals surface area (Å²) in [7, 11) is 0. The molecule has 1 saturated heterocycles. The Balaban J connectivity index is 1.37. The monoisotopic (exact) mass is 250 g/mol. The van der Waals surface area contributed by atoms with Crippen LogP contribution in [0.5, 0.6) is 0 Å². The van der Waals surface area contributed by atoms with E-state index in [1.165, 1.54) is 12.8 Å². The van der Waals surface area contributed by atoms with Crippen molar-refractivity contribution < 1.29 is 9.53 Å². The first-order valence-electron chi connectivity index (χ1n) is 7.07. The second-order valence-corrected chi connectivity index (χ2v) is 5.66. The molecule has 1 saturated carbocycles. The number of nitrogens with one attached hydrogen (secondary N) is 1. The van der Waals surface area contributed by atoms with E-state index >= 15 is 0 Å². The lowest BCUT2D eigenvalue weighted by Gasteiger charge is -2.27. The smallest absolute Gasteiger partial charge is 0.236 e. The molecule has 18 heavy (non-hydrogen) atoms. The summed E-state index contributed by atoms with van der Waals surface area (Å²) in [6.45, 7) is 4.33. The number of rotatable bonds is 4. The molecular formula is C14H22N2O2. The van der Waals surface area contributed by atoms with Crippen molar-refractivity contribution in [2.45, 2.75) is 12.8 Å². The summed E-state index contributed by atoms with van der Waals surface area (Å²) >= 11 is 0. The van der Waals surface area contributed by atoms with Crippen molar-refractivity contribution >= 4 is 5.91 Å². The topological polar surface area (TPSA) is 41.6 Å². The zero-order chi connectivity index (χ0) is 12.4. The van der Waals surface area contributed by atoms with Crippen LogP contribution >= 0.6 is 0 Å². The summed E-state index contributed by atoms with van der Waals surface area (Å²) in [5, 5.41) is 3.34. The SMILES string of the molecule is O=C(CNCC1CC2C=CC1C2)N1CCOCC1. The van der Waals surface area contributed by atoms with Crippen LogP contribution < -0.4 is 5.32 Å². The molecule has 100 valence electrons. The van der Waals surface area contributed by atoms with E-state index in [1.807, 2.05) is 4.90 Å². The summed E-state index contributed by atoms with van der Waals surface area (Å²) in [6, 6.07) is 0. The summed E-state index contributed by atoms with van der Waals surface area (Å²) < 4.78 is 5.25. The lowest BCUT2D eigenvalue weighted by Crippen LogP contribution is -2.45. The summed E-state index contributed by atoms with van der Waals surface area (Å²) in [6.07, 6.45) is 7.37. The molecule has 3 aliphatic rings. The Labute approximate surface area is 108 Å². The average molecular weight is 250 g/mol. The van der Waals surface area contributed by atoms with Gasteiger partial charge in [0.05, 0.1) is 19.8 Å². The van der Waals surface area contributed by atoms with Crippen molar-refractivity contribution in [2.75, 3.05) is 39.4 Å². The first kappa shape index (κ1) is 12.2. The molecule has 2 fully saturated rings. The van der Waals surface area contributed by atoms with E-state index in [-0.39, 0.29) is 5.91 Å². The highest BCUT2D eigenvalue weighted by Crippen LogP contribution is 2.42. The lowest BCUT2D eigenvalue weighted by atomic mass is 9.94. The first-order valence-corrected chi connectivity index (χ1v) is 7.07. The van der Waals surface area contributed by atoms with E-state index in [4.69, 9.17) is 4.74 Å². The van der Waals surface area contributed by atoms with Crippen molar-refractivity contribution in [3.63, 3.8) is 0 Å². The van der Waals surface area contributed by atoms with Crippen molar-refractivity contribution in [1.82, 2.24) is 10.2 Å². The van der Waals surface area contributed by atoms with Gasteiger partial charge in [-0.15, -0.1) is 0 Å². The van der Waals surface area contributed by atoms with Crippen LogP contribution in [0.15, 0.2) is 12.2 Å². The Hall–Kier alpha value is -0.870. The van der Waals surface area contributed by atoms with Gasteiger partial charge in [0.2, 0.25) is 5.91 Å². The van der Waals surface area contributed by atoms with Crippen LogP contribution in [0.3, 0.4) is 0 Å². The molecule has 0 aromatic carbocycles. The van der Waals surface area contributed by atoms with E-state index < -0.39 is 0 Å². The van der Waals surface area contributed by atoms with E-state index in [0.29, 0.717) is 19.8 Å². The fraction of sp³-hybridized carbons (Fsp3) is 0.786. The summed E-state index contributed by atoms with van der Waals surface area (Å²) in [5.41, 5.74) is 0. The highest BCUT2D eigenvalue weighted by atomic mass is 16.5. The minimum atomic E-state index is 0.219. The largest absolute Gasteiger partial charge is 0.378 e. The molecular weight excluding hydrogens is 228 g/mol. The van der Waals surface area contributed by atoms with Gasteiger partial charge < -0.3 is 15.0 Å². The van der Waals surface area contributed by atoms with Crippen LogP contribution in [-0.4, -0.2) is 50.2 Å². The van der Waals surface area contributed by atoms with Crippen LogP contribution in [0.25, 0.3) is 0 Å². The number of carbonyl (C=O) groups excluding carboxylic acids is 1. The lowest BCUT2D eigenvalue weighted by molar-refractivity contribution is -0.134. The number of allylic oxidation sites excluding steroid dienone is 2. The molecule has 0 aromatic heterocycles. The van der Waals surface area contributed by atoms with Gasteiger partial charge in [0.25, 0.3) is 0 Å². The fourth-order valence-electron chi connectivity index (χ4n) is 3.42. The predicted octanol–water partition coefficient (Wildman–Crippen LogP) is 0.647. The molecule has 1 heterocycles. The maximum atomic E-state index is 11.9. The number of hydrogen-bond acceptors (Lipinski definition) is 3. The standard InChI is InChI=1S/C14H22N2O2/c17-14(16-3-5-18-6-4-16)10-15-9-13-8-11-1-2-12(13)7-11/h1-2,11-13,15H,3-10H2. The van der Waals surface area contributed by atoms with Crippen LogP contribution in [0.1, 0.15) is 12.8 Å². The molecule has 3 atom stereocenters. The normalized spacial score (nSPS) is 34.2. The Morgan fingerprint density at radius 2 is 2.11 bits per heavy atom. The maximum absolute atomic E-state index is 11.9. The Morgan fingerprint density at radius 1 is 1.28 bits per heavy atom. The van der Waals surface area contributed by atoms with E-state index in [2.05, 4.69) is 17.5 Å². The molecule has 0 aromatic rings. The third-order valence-corrected chi connectivity index (χ3v) is 4.46.